The molecule has 4 heterocycles. The Balaban J connectivity index is 1.67. The van der Waals surface area contributed by atoms with Crippen LogP contribution < -0.4 is 0 Å². The molecule has 0 radical (unpaired) electrons. The Morgan fingerprint density at radius 1 is 1.30 bits per heavy atom. The Morgan fingerprint density at radius 3 is 2.93 bits per heavy atom. The van der Waals surface area contributed by atoms with Crippen LogP contribution >= 0.6 is 0 Å². The number of hydrogen-bond acceptors (Lipinski definition) is 5. The van der Waals surface area contributed by atoms with Gasteiger partial charge < -0.3 is 18.7 Å². The third-order valence-electron chi connectivity index (χ3n) is 5.15. The van der Waals surface area contributed by atoms with E-state index in [1.165, 1.54) is 6.39 Å². The standard InChI is InChI=1S/C20H18N4O3/c1-11-8-24(20(25)19-12(2)23-10-26-19)18(17-16(11)21-9-22-17)15-7-13-5-3-4-6-14(13)27-15/h3-7,9-11,18H,8H2,1-2H3,(H,21,22)/t11-,18-/m0/s1. The summed E-state index contributed by atoms with van der Waals surface area (Å²) >= 11 is 0. The first kappa shape index (κ1) is 15.9. The maximum atomic E-state index is 13.3. The third kappa shape index (κ3) is 2.38. The first-order valence-corrected chi connectivity index (χ1v) is 8.86. The van der Waals surface area contributed by atoms with Crippen LogP contribution in [0.25, 0.3) is 11.0 Å². The number of aryl methyl sites for hydroxylation is 1. The molecule has 0 saturated heterocycles. The van der Waals surface area contributed by atoms with Crippen molar-refractivity contribution in [1.82, 2.24) is 19.9 Å². The van der Waals surface area contributed by atoms with Crippen molar-refractivity contribution in [3.05, 3.63) is 71.7 Å². The number of amides is 1. The van der Waals surface area contributed by atoms with E-state index < -0.39 is 6.04 Å². The molecular formula is C20H18N4O3. The molecular weight excluding hydrogens is 344 g/mol. The van der Waals surface area contributed by atoms with Gasteiger partial charge in [-0.2, -0.15) is 0 Å². The second-order valence-corrected chi connectivity index (χ2v) is 6.92. The summed E-state index contributed by atoms with van der Waals surface area (Å²) in [6, 6.07) is 9.35. The minimum Gasteiger partial charge on any atom is -0.458 e. The third-order valence-corrected chi connectivity index (χ3v) is 5.15. The lowest BCUT2D eigenvalue weighted by atomic mass is 9.93. The van der Waals surface area contributed by atoms with Crippen molar-refractivity contribution in [2.45, 2.75) is 25.8 Å². The quantitative estimate of drug-likeness (QED) is 0.586. The van der Waals surface area contributed by atoms with Gasteiger partial charge in [-0.3, -0.25) is 4.79 Å². The number of oxazole rings is 1. The maximum absolute atomic E-state index is 13.3. The van der Waals surface area contributed by atoms with Crippen molar-refractivity contribution < 1.29 is 13.6 Å². The summed E-state index contributed by atoms with van der Waals surface area (Å²) in [5, 5.41) is 0.992. The predicted octanol–water partition coefficient (Wildman–Crippen LogP) is 3.80. The first-order chi connectivity index (χ1) is 13.1. The van der Waals surface area contributed by atoms with E-state index in [0.717, 1.165) is 22.4 Å². The molecule has 5 rings (SSSR count). The van der Waals surface area contributed by atoms with Gasteiger partial charge in [-0.25, -0.2) is 9.97 Å². The summed E-state index contributed by atoms with van der Waals surface area (Å²) in [7, 11) is 0. The summed E-state index contributed by atoms with van der Waals surface area (Å²) in [6.45, 7) is 4.36. The molecule has 4 aromatic rings. The molecule has 3 aromatic heterocycles. The molecule has 7 nitrogen and oxygen atoms in total. The van der Waals surface area contributed by atoms with Crippen LogP contribution in [0.15, 0.2) is 51.9 Å². The number of aromatic nitrogens is 3. The smallest absolute Gasteiger partial charge is 0.292 e. The van der Waals surface area contributed by atoms with Gasteiger partial charge in [0.25, 0.3) is 5.91 Å². The lowest BCUT2D eigenvalue weighted by Gasteiger charge is -2.36. The van der Waals surface area contributed by atoms with E-state index in [-0.39, 0.29) is 17.6 Å². The van der Waals surface area contributed by atoms with Crippen LogP contribution in [-0.4, -0.2) is 32.3 Å². The van der Waals surface area contributed by atoms with Gasteiger partial charge in [-0.15, -0.1) is 0 Å². The summed E-state index contributed by atoms with van der Waals surface area (Å²) < 4.78 is 11.5. The van der Waals surface area contributed by atoms with Gasteiger partial charge in [0, 0.05) is 23.5 Å². The molecule has 1 N–H and O–H groups in total. The van der Waals surface area contributed by atoms with Crippen LogP contribution in [0.4, 0.5) is 0 Å². The number of carbonyl (C=O) groups excluding carboxylic acids is 1. The Bertz CT molecular complexity index is 1110. The van der Waals surface area contributed by atoms with E-state index in [2.05, 4.69) is 21.9 Å². The number of nitrogens with one attached hydrogen (secondary N) is 1. The number of imidazole rings is 1. The average molecular weight is 362 g/mol. The van der Waals surface area contributed by atoms with Gasteiger partial charge in [0.15, 0.2) is 6.39 Å². The molecule has 0 fully saturated rings. The lowest BCUT2D eigenvalue weighted by molar-refractivity contribution is 0.0620. The molecule has 1 aliphatic rings. The largest absolute Gasteiger partial charge is 0.458 e. The zero-order valence-corrected chi connectivity index (χ0v) is 15.0. The molecule has 0 unspecified atom stereocenters. The highest BCUT2D eigenvalue weighted by Gasteiger charge is 2.40. The van der Waals surface area contributed by atoms with Crippen molar-refractivity contribution in [3.8, 4) is 0 Å². The number of carbonyl (C=O) groups is 1. The number of furan rings is 1. The van der Waals surface area contributed by atoms with Crippen LogP contribution in [0.1, 0.15) is 52.3 Å². The molecule has 1 amide bonds. The molecule has 1 aliphatic heterocycles. The van der Waals surface area contributed by atoms with Crippen LogP contribution in [0, 0.1) is 6.92 Å². The Labute approximate surface area is 155 Å². The molecule has 0 bridgehead atoms. The van der Waals surface area contributed by atoms with Crippen molar-refractivity contribution >= 4 is 16.9 Å². The number of rotatable bonds is 2. The van der Waals surface area contributed by atoms with Crippen LogP contribution in [-0.2, 0) is 0 Å². The zero-order valence-electron chi connectivity index (χ0n) is 15.0. The van der Waals surface area contributed by atoms with Gasteiger partial charge in [0.2, 0.25) is 5.76 Å². The number of H-pyrrole nitrogens is 1. The molecule has 7 heteroatoms. The first-order valence-electron chi connectivity index (χ1n) is 8.86. The van der Waals surface area contributed by atoms with Crippen LogP contribution in [0.5, 0.6) is 0 Å². The molecule has 27 heavy (non-hydrogen) atoms. The van der Waals surface area contributed by atoms with E-state index in [0.29, 0.717) is 18.0 Å². The Hall–Kier alpha value is -3.35. The summed E-state index contributed by atoms with van der Waals surface area (Å²) in [6.07, 6.45) is 2.97. The molecule has 0 saturated carbocycles. The number of fused-ring (bicyclic) bond motifs is 2. The number of para-hydroxylation sites is 1. The highest BCUT2D eigenvalue weighted by Crippen LogP contribution is 2.40. The summed E-state index contributed by atoms with van der Waals surface area (Å²) in [5.41, 5.74) is 3.19. The monoisotopic (exact) mass is 362 g/mol. The second kappa shape index (κ2) is 5.84. The Morgan fingerprint density at radius 2 is 2.15 bits per heavy atom. The average Bonchev–Trinajstić information content (AvgIpc) is 3.39. The van der Waals surface area contributed by atoms with Gasteiger partial charge in [-0.05, 0) is 19.1 Å². The number of benzene rings is 1. The van der Waals surface area contributed by atoms with Crippen molar-refractivity contribution in [2.75, 3.05) is 6.54 Å². The summed E-state index contributed by atoms with van der Waals surface area (Å²) in [5.74, 6) is 0.843. The van der Waals surface area contributed by atoms with Gasteiger partial charge in [0.1, 0.15) is 17.4 Å². The normalized spacial score (nSPS) is 19.4. The van der Waals surface area contributed by atoms with E-state index in [4.69, 9.17) is 8.83 Å². The Kier molecular flexibility index (Phi) is 3.43. The fourth-order valence-corrected chi connectivity index (χ4v) is 3.83. The molecule has 0 aliphatic carbocycles. The van der Waals surface area contributed by atoms with Crippen molar-refractivity contribution in [3.63, 3.8) is 0 Å². The number of hydrogen-bond donors (Lipinski definition) is 1. The van der Waals surface area contributed by atoms with E-state index >= 15 is 0 Å². The van der Waals surface area contributed by atoms with Gasteiger partial charge in [0.05, 0.1) is 17.7 Å². The summed E-state index contributed by atoms with van der Waals surface area (Å²) in [4.78, 5) is 26.8. The zero-order chi connectivity index (χ0) is 18.5. The minimum absolute atomic E-state index is 0.121. The fraction of sp³-hybridized carbons (Fsp3) is 0.250. The fourth-order valence-electron chi connectivity index (χ4n) is 3.83. The predicted molar refractivity (Wildman–Crippen MR) is 97.3 cm³/mol. The maximum Gasteiger partial charge on any atom is 0.292 e. The second-order valence-electron chi connectivity index (χ2n) is 6.92. The molecule has 1 aromatic carbocycles. The molecule has 0 spiro atoms. The van der Waals surface area contributed by atoms with Crippen molar-refractivity contribution in [1.29, 1.82) is 0 Å². The topological polar surface area (TPSA) is 88.2 Å². The van der Waals surface area contributed by atoms with Crippen LogP contribution in [0.2, 0.25) is 0 Å². The number of aromatic amines is 1. The number of nitrogens with zero attached hydrogens (tertiary/aromatic N) is 3. The molecule has 136 valence electrons. The highest BCUT2D eigenvalue weighted by molar-refractivity contribution is 5.93. The van der Waals surface area contributed by atoms with E-state index in [1.54, 1.807) is 18.2 Å². The molecule has 2 atom stereocenters. The SMILES string of the molecule is Cc1ncoc1C(=O)N1C[C@H](C)c2[nH]cnc2[C@@H]1c1cc2ccccc2o1. The minimum atomic E-state index is -0.424. The van der Waals surface area contributed by atoms with E-state index in [9.17, 15) is 4.79 Å². The lowest BCUT2D eigenvalue weighted by Crippen LogP contribution is -2.42. The van der Waals surface area contributed by atoms with Gasteiger partial charge >= 0.3 is 0 Å². The van der Waals surface area contributed by atoms with Crippen molar-refractivity contribution in [2.24, 2.45) is 0 Å². The van der Waals surface area contributed by atoms with E-state index in [1.807, 2.05) is 30.3 Å². The van der Waals surface area contributed by atoms with Gasteiger partial charge in [-0.1, -0.05) is 25.1 Å². The highest BCUT2D eigenvalue weighted by atomic mass is 16.4. The van der Waals surface area contributed by atoms with Crippen LogP contribution in [0.3, 0.4) is 0 Å².